The number of morpholine rings is 1. The van der Waals surface area contributed by atoms with Gasteiger partial charge in [-0.3, -0.25) is 0 Å². The number of benzene rings is 1. The zero-order chi connectivity index (χ0) is 13.4. The topological polar surface area (TPSA) is 73.3 Å². The number of nitrogens with one attached hydrogen (secondary N) is 1. The summed E-state index contributed by atoms with van der Waals surface area (Å²) in [5, 5.41) is 8.30. The Morgan fingerprint density at radius 2 is 2.20 bits per heavy atom. The number of para-hydroxylation sites is 1. The first kappa shape index (κ1) is 11.6. The number of hydrogen-bond donors (Lipinski definition) is 1. The lowest BCUT2D eigenvalue weighted by Gasteiger charge is -2.20. The summed E-state index contributed by atoms with van der Waals surface area (Å²) >= 11 is 0. The first-order valence-electron chi connectivity index (χ1n) is 6.53. The Bertz CT molecular complexity index is 728. The van der Waals surface area contributed by atoms with Crippen LogP contribution in [0.2, 0.25) is 0 Å². The van der Waals surface area contributed by atoms with E-state index in [1.165, 1.54) is 0 Å². The van der Waals surface area contributed by atoms with E-state index in [9.17, 15) is 0 Å². The molecule has 1 unspecified atom stereocenters. The van der Waals surface area contributed by atoms with E-state index >= 15 is 0 Å². The second-order valence-electron chi connectivity index (χ2n) is 4.68. The van der Waals surface area contributed by atoms with Crippen molar-refractivity contribution in [2.24, 2.45) is 0 Å². The maximum atomic E-state index is 5.49. The lowest BCUT2D eigenvalue weighted by Crippen LogP contribution is -2.35. The van der Waals surface area contributed by atoms with E-state index in [2.05, 4.69) is 15.5 Å². The molecule has 1 aromatic carbocycles. The molecule has 0 saturated carbocycles. The first-order valence-corrected chi connectivity index (χ1v) is 6.53. The highest BCUT2D eigenvalue weighted by Gasteiger charge is 2.22. The van der Waals surface area contributed by atoms with Crippen molar-refractivity contribution in [2.45, 2.75) is 6.04 Å². The quantitative estimate of drug-likeness (QED) is 0.769. The molecule has 6 heteroatoms. The van der Waals surface area contributed by atoms with Crippen molar-refractivity contribution >= 4 is 11.0 Å². The maximum absolute atomic E-state index is 5.49. The Hall–Kier alpha value is -2.18. The summed E-state index contributed by atoms with van der Waals surface area (Å²) in [5.41, 5.74) is 1.62. The molecule has 0 amide bonds. The fourth-order valence-corrected chi connectivity index (χ4v) is 2.36. The van der Waals surface area contributed by atoms with Crippen LogP contribution in [-0.4, -0.2) is 29.9 Å². The Labute approximate surface area is 114 Å². The Morgan fingerprint density at radius 3 is 3.10 bits per heavy atom. The Balaban J connectivity index is 1.70. The smallest absolute Gasteiger partial charge is 0.261 e. The summed E-state index contributed by atoms with van der Waals surface area (Å²) in [6.07, 6.45) is 1.65. The molecule has 0 aliphatic carbocycles. The third-order valence-corrected chi connectivity index (χ3v) is 3.39. The normalized spacial score (nSPS) is 19.5. The van der Waals surface area contributed by atoms with Crippen LogP contribution in [-0.2, 0) is 4.74 Å². The third kappa shape index (κ3) is 1.90. The van der Waals surface area contributed by atoms with Crippen LogP contribution < -0.4 is 5.32 Å². The van der Waals surface area contributed by atoms with Crippen molar-refractivity contribution in [1.82, 2.24) is 15.5 Å². The van der Waals surface area contributed by atoms with Gasteiger partial charge >= 0.3 is 0 Å². The summed E-state index contributed by atoms with van der Waals surface area (Å²) < 4.78 is 16.2. The minimum atomic E-state index is -0.0144. The third-order valence-electron chi connectivity index (χ3n) is 3.39. The molecule has 1 atom stereocenters. The second-order valence-corrected chi connectivity index (χ2v) is 4.68. The van der Waals surface area contributed by atoms with Crippen LogP contribution in [0.5, 0.6) is 0 Å². The highest BCUT2D eigenvalue weighted by Crippen LogP contribution is 2.29. The van der Waals surface area contributed by atoms with Crippen LogP contribution in [0.15, 0.2) is 39.5 Å². The van der Waals surface area contributed by atoms with Crippen molar-refractivity contribution in [3.63, 3.8) is 0 Å². The van der Waals surface area contributed by atoms with Gasteiger partial charge in [-0.25, -0.2) is 0 Å². The zero-order valence-electron chi connectivity index (χ0n) is 10.7. The highest BCUT2D eigenvalue weighted by atomic mass is 16.5. The predicted molar refractivity (Wildman–Crippen MR) is 71.1 cm³/mol. The molecule has 3 heterocycles. The molecular formula is C14H13N3O3. The average Bonchev–Trinajstić information content (AvgIpc) is 3.14. The fourth-order valence-electron chi connectivity index (χ4n) is 2.36. The van der Waals surface area contributed by atoms with E-state index in [0.29, 0.717) is 24.9 Å². The van der Waals surface area contributed by atoms with Crippen LogP contribution in [0.4, 0.5) is 0 Å². The zero-order valence-corrected chi connectivity index (χ0v) is 10.7. The lowest BCUT2D eigenvalue weighted by atomic mass is 10.2. The SMILES string of the molecule is c1ccc2c(-c3nc(C4COCCN4)no3)coc2c1. The van der Waals surface area contributed by atoms with E-state index in [0.717, 1.165) is 23.1 Å². The van der Waals surface area contributed by atoms with Crippen molar-refractivity contribution in [3.05, 3.63) is 36.4 Å². The van der Waals surface area contributed by atoms with E-state index in [1.54, 1.807) is 6.26 Å². The van der Waals surface area contributed by atoms with Gasteiger partial charge in [0.2, 0.25) is 0 Å². The van der Waals surface area contributed by atoms with Crippen molar-refractivity contribution < 1.29 is 13.7 Å². The van der Waals surface area contributed by atoms with Gasteiger partial charge in [-0.2, -0.15) is 4.98 Å². The van der Waals surface area contributed by atoms with Crippen LogP contribution in [0.3, 0.4) is 0 Å². The standard InChI is InChI=1S/C14H13N3O3/c1-2-4-12-9(3-1)10(7-19-12)14-16-13(17-20-14)11-8-18-6-5-15-11/h1-4,7,11,15H,5-6,8H2. The van der Waals surface area contributed by atoms with Gasteiger partial charge in [-0.05, 0) is 6.07 Å². The predicted octanol–water partition coefficient (Wildman–Crippen LogP) is 2.14. The summed E-state index contributed by atoms with van der Waals surface area (Å²) in [7, 11) is 0. The molecule has 1 fully saturated rings. The number of ether oxygens (including phenoxy) is 1. The molecule has 0 radical (unpaired) electrons. The number of furan rings is 1. The van der Waals surface area contributed by atoms with Gasteiger partial charge in [0.05, 0.1) is 24.8 Å². The summed E-state index contributed by atoms with van der Waals surface area (Å²) in [6, 6.07) is 7.75. The number of hydrogen-bond acceptors (Lipinski definition) is 6. The highest BCUT2D eigenvalue weighted by molar-refractivity contribution is 5.91. The van der Waals surface area contributed by atoms with Gasteiger partial charge in [-0.15, -0.1) is 0 Å². The van der Waals surface area contributed by atoms with Gasteiger partial charge in [0.25, 0.3) is 5.89 Å². The summed E-state index contributed by atoms with van der Waals surface area (Å²) in [4.78, 5) is 4.45. The lowest BCUT2D eigenvalue weighted by molar-refractivity contribution is 0.0734. The van der Waals surface area contributed by atoms with Gasteiger partial charge in [0.1, 0.15) is 11.8 Å². The fraction of sp³-hybridized carbons (Fsp3) is 0.286. The molecule has 1 N–H and O–H groups in total. The van der Waals surface area contributed by atoms with Gasteiger partial charge < -0.3 is 19.0 Å². The number of rotatable bonds is 2. The molecule has 0 bridgehead atoms. The molecule has 3 aromatic rings. The number of nitrogens with zero attached hydrogens (tertiary/aromatic N) is 2. The monoisotopic (exact) mass is 271 g/mol. The number of aromatic nitrogens is 2. The Kier molecular flexibility index (Phi) is 2.75. The molecule has 102 valence electrons. The molecule has 2 aromatic heterocycles. The van der Waals surface area contributed by atoms with Crippen LogP contribution in [0.1, 0.15) is 11.9 Å². The van der Waals surface area contributed by atoms with Gasteiger partial charge in [0.15, 0.2) is 5.82 Å². The van der Waals surface area contributed by atoms with E-state index < -0.39 is 0 Å². The minimum absolute atomic E-state index is 0.0144. The van der Waals surface area contributed by atoms with E-state index in [4.69, 9.17) is 13.7 Å². The van der Waals surface area contributed by atoms with Crippen molar-refractivity contribution in [1.29, 1.82) is 0 Å². The second kappa shape index (κ2) is 4.73. The van der Waals surface area contributed by atoms with Crippen LogP contribution in [0, 0.1) is 0 Å². The number of fused-ring (bicyclic) bond motifs is 1. The molecule has 20 heavy (non-hydrogen) atoms. The Morgan fingerprint density at radius 1 is 1.25 bits per heavy atom. The van der Waals surface area contributed by atoms with Gasteiger partial charge in [0, 0.05) is 11.9 Å². The van der Waals surface area contributed by atoms with Gasteiger partial charge in [-0.1, -0.05) is 23.4 Å². The molecule has 1 aliphatic heterocycles. The maximum Gasteiger partial charge on any atom is 0.261 e. The summed E-state index contributed by atoms with van der Waals surface area (Å²) in [5.74, 6) is 1.09. The van der Waals surface area contributed by atoms with E-state index in [1.807, 2.05) is 24.3 Å². The molecule has 4 rings (SSSR count). The molecule has 1 aliphatic rings. The molecular weight excluding hydrogens is 258 g/mol. The molecule has 6 nitrogen and oxygen atoms in total. The van der Waals surface area contributed by atoms with Crippen molar-refractivity contribution in [3.8, 4) is 11.5 Å². The van der Waals surface area contributed by atoms with Crippen molar-refractivity contribution in [2.75, 3.05) is 19.8 Å². The van der Waals surface area contributed by atoms with Crippen LogP contribution >= 0.6 is 0 Å². The van der Waals surface area contributed by atoms with Crippen LogP contribution in [0.25, 0.3) is 22.4 Å². The minimum Gasteiger partial charge on any atom is -0.463 e. The molecule has 0 spiro atoms. The molecule has 1 saturated heterocycles. The first-order chi connectivity index (χ1) is 9.92. The van der Waals surface area contributed by atoms with E-state index in [-0.39, 0.29) is 6.04 Å². The summed E-state index contributed by atoms with van der Waals surface area (Å²) in [6.45, 7) is 2.07. The average molecular weight is 271 g/mol. The largest absolute Gasteiger partial charge is 0.463 e.